The Bertz CT molecular complexity index is 1850. The zero-order chi connectivity index (χ0) is 33.7. The first-order chi connectivity index (χ1) is 22.6. The SMILES string of the molecule is CC[N+]1=c2cc3c(cc2CCC1)=C(c1ccccc1C(=O)N(C)CCCC(=O)NCCCN=[N+]=[N-])c1ccc(N(C)C)cc1C3(C)C. The van der Waals surface area contributed by atoms with E-state index in [0.717, 1.165) is 48.3 Å². The van der Waals surface area contributed by atoms with E-state index in [1.807, 2.05) is 25.2 Å². The summed E-state index contributed by atoms with van der Waals surface area (Å²) in [5.41, 5.74) is 17.1. The number of aryl methyl sites for hydroxylation is 1. The zero-order valence-electron chi connectivity index (χ0n) is 28.8. The molecule has 9 heteroatoms. The van der Waals surface area contributed by atoms with E-state index in [9.17, 15) is 9.59 Å². The molecule has 0 fully saturated rings. The van der Waals surface area contributed by atoms with E-state index < -0.39 is 0 Å². The molecule has 246 valence electrons. The Hall–Kier alpha value is -4.62. The van der Waals surface area contributed by atoms with Crippen LogP contribution in [0.5, 0.6) is 0 Å². The van der Waals surface area contributed by atoms with E-state index in [0.29, 0.717) is 44.5 Å². The van der Waals surface area contributed by atoms with Gasteiger partial charge in [-0.2, -0.15) is 0 Å². The lowest BCUT2D eigenvalue weighted by Gasteiger charge is -2.36. The zero-order valence-corrected chi connectivity index (χ0v) is 28.8. The van der Waals surface area contributed by atoms with Crippen molar-refractivity contribution in [3.8, 4) is 0 Å². The summed E-state index contributed by atoms with van der Waals surface area (Å²) in [5.74, 6) is -0.126. The van der Waals surface area contributed by atoms with Crippen LogP contribution in [0.4, 0.5) is 5.69 Å². The Morgan fingerprint density at radius 3 is 2.55 bits per heavy atom. The Labute approximate surface area is 278 Å². The number of carbonyl (C=O) groups excluding carboxylic acids is 2. The van der Waals surface area contributed by atoms with Crippen molar-refractivity contribution in [3.63, 3.8) is 0 Å². The molecule has 1 aliphatic heterocycles. The first-order valence-corrected chi connectivity index (χ1v) is 16.8. The fourth-order valence-electron chi connectivity index (χ4n) is 7.07. The Balaban J connectivity index is 1.56. The van der Waals surface area contributed by atoms with Crippen molar-refractivity contribution in [2.45, 2.75) is 58.3 Å². The molecule has 0 bridgehead atoms. The van der Waals surface area contributed by atoms with Gasteiger partial charge in [0.1, 0.15) is 13.1 Å². The van der Waals surface area contributed by atoms with E-state index >= 15 is 0 Å². The van der Waals surface area contributed by atoms with Crippen molar-refractivity contribution in [3.05, 3.63) is 109 Å². The lowest BCUT2D eigenvalue weighted by Crippen LogP contribution is -2.43. The van der Waals surface area contributed by atoms with Gasteiger partial charge in [0, 0.05) is 86.8 Å². The summed E-state index contributed by atoms with van der Waals surface area (Å²) >= 11 is 0. The standard InChI is InChI=1S/C38H47N7O2/c1-7-45-22-10-13-26-23-31-33(25-34(26)45)38(2,3)32-24-27(43(4)5)17-18-30(32)36(31)28-14-8-9-15-29(28)37(47)44(6)21-11-16-35(46)40-19-12-20-41-42-39/h8-9,14-15,17-18,23-25H,7,10-13,16,19-22H2,1-6H3/p+1. The predicted octanol–water partition coefficient (Wildman–Crippen LogP) is 4.77. The van der Waals surface area contributed by atoms with Crippen molar-refractivity contribution in [1.29, 1.82) is 0 Å². The van der Waals surface area contributed by atoms with Crippen molar-refractivity contribution < 1.29 is 9.59 Å². The largest absolute Gasteiger partial charge is 0.378 e. The van der Waals surface area contributed by atoms with E-state index in [1.54, 1.807) is 4.90 Å². The van der Waals surface area contributed by atoms with Crippen LogP contribution in [0.2, 0.25) is 0 Å². The van der Waals surface area contributed by atoms with Crippen molar-refractivity contribution in [2.24, 2.45) is 5.11 Å². The van der Waals surface area contributed by atoms with Gasteiger partial charge in [0.05, 0.1) is 0 Å². The molecule has 47 heavy (non-hydrogen) atoms. The molecule has 1 aliphatic carbocycles. The molecule has 3 aromatic rings. The minimum Gasteiger partial charge on any atom is -0.378 e. The molecular weight excluding hydrogens is 586 g/mol. The van der Waals surface area contributed by atoms with E-state index in [1.165, 1.54) is 27.3 Å². The highest BCUT2D eigenvalue weighted by atomic mass is 16.2. The molecular formula is C38H48N7O2+. The van der Waals surface area contributed by atoms with Crippen molar-refractivity contribution in [2.75, 3.05) is 58.8 Å². The second kappa shape index (κ2) is 14.4. The lowest BCUT2D eigenvalue weighted by atomic mass is 9.68. The summed E-state index contributed by atoms with van der Waals surface area (Å²) in [6, 6.07) is 19.5. The van der Waals surface area contributed by atoms with E-state index in [-0.39, 0.29) is 17.2 Å². The van der Waals surface area contributed by atoms with Crippen LogP contribution >= 0.6 is 0 Å². The number of amides is 2. The maximum Gasteiger partial charge on any atom is 0.254 e. The molecule has 0 unspecified atom stereocenters. The maximum atomic E-state index is 14.1. The van der Waals surface area contributed by atoms with Gasteiger partial charge >= 0.3 is 0 Å². The summed E-state index contributed by atoms with van der Waals surface area (Å²) in [5, 5.41) is 8.89. The van der Waals surface area contributed by atoms with Crippen LogP contribution in [0, 0.1) is 0 Å². The monoisotopic (exact) mass is 634 g/mol. The Kier molecular flexibility index (Phi) is 10.4. The summed E-state index contributed by atoms with van der Waals surface area (Å²) in [7, 11) is 5.96. The number of carbonyl (C=O) groups is 2. The maximum absolute atomic E-state index is 14.1. The second-order valence-corrected chi connectivity index (χ2v) is 13.4. The molecule has 5 rings (SSSR count). The van der Waals surface area contributed by atoms with Gasteiger partial charge in [-0.25, -0.2) is 4.58 Å². The third-order valence-electron chi connectivity index (χ3n) is 9.71. The fourth-order valence-corrected chi connectivity index (χ4v) is 7.07. The van der Waals surface area contributed by atoms with Gasteiger partial charge in [-0.3, -0.25) is 9.59 Å². The molecule has 0 aromatic heterocycles. The van der Waals surface area contributed by atoms with E-state index in [2.05, 4.69) is 96.1 Å². The number of fused-ring (bicyclic) bond motifs is 3. The molecule has 0 atom stereocenters. The number of nitrogens with zero attached hydrogens (tertiary/aromatic N) is 6. The highest BCUT2D eigenvalue weighted by Crippen LogP contribution is 2.42. The van der Waals surface area contributed by atoms with Gasteiger partial charge < -0.3 is 15.1 Å². The minimum absolute atomic E-state index is 0.0594. The Morgan fingerprint density at radius 2 is 1.81 bits per heavy atom. The molecule has 2 amide bonds. The van der Waals surface area contributed by atoms with Gasteiger partial charge in [-0.15, -0.1) is 0 Å². The van der Waals surface area contributed by atoms with Gasteiger partial charge in [-0.1, -0.05) is 43.2 Å². The molecule has 3 aromatic carbocycles. The fraction of sp³-hybridized carbons (Fsp3) is 0.447. The molecule has 0 saturated carbocycles. The van der Waals surface area contributed by atoms with Crippen LogP contribution in [-0.2, 0) is 16.6 Å². The van der Waals surface area contributed by atoms with Crippen LogP contribution in [0.3, 0.4) is 0 Å². The third-order valence-corrected chi connectivity index (χ3v) is 9.71. The van der Waals surface area contributed by atoms with Crippen LogP contribution < -0.4 is 25.4 Å². The number of benzene rings is 3. The van der Waals surface area contributed by atoms with Gasteiger partial charge in [0.2, 0.25) is 11.3 Å². The highest BCUT2D eigenvalue weighted by molar-refractivity contribution is 6.02. The molecule has 0 radical (unpaired) electrons. The summed E-state index contributed by atoms with van der Waals surface area (Å²) in [4.78, 5) is 33.1. The number of nitrogens with one attached hydrogen (secondary N) is 1. The summed E-state index contributed by atoms with van der Waals surface area (Å²) in [6.45, 7) is 10.2. The van der Waals surface area contributed by atoms with E-state index in [4.69, 9.17) is 5.53 Å². The van der Waals surface area contributed by atoms with Gasteiger partial charge in [-0.05, 0) is 89.0 Å². The number of azide groups is 1. The molecule has 1 heterocycles. The number of anilines is 1. The minimum atomic E-state index is -0.245. The summed E-state index contributed by atoms with van der Waals surface area (Å²) in [6.07, 6.45) is 3.65. The van der Waals surface area contributed by atoms with Crippen LogP contribution in [0.1, 0.15) is 84.6 Å². The second-order valence-electron chi connectivity index (χ2n) is 13.4. The predicted molar refractivity (Wildman–Crippen MR) is 189 cm³/mol. The van der Waals surface area contributed by atoms with Gasteiger partial charge in [0.15, 0.2) is 0 Å². The molecule has 0 spiro atoms. The average Bonchev–Trinajstić information content (AvgIpc) is 3.07. The summed E-state index contributed by atoms with van der Waals surface area (Å²) < 4.78 is 2.50. The van der Waals surface area contributed by atoms with Crippen LogP contribution in [0.25, 0.3) is 16.0 Å². The highest BCUT2D eigenvalue weighted by Gasteiger charge is 2.36. The van der Waals surface area contributed by atoms with Crippen molar-refractivity contribution >= 4 is 23.1 Å². The van der Waals surface area contributed by atoms with Crippen molar-refractivity contribution in [1.82, 2.24) is 14.8 Å². The average molecular weight is 635 g/mol. The quantitative estimate of drug-likeness (QED) is 0.102. The van der Waals surface area contributed by atoms with Crippen LogP contribution in [0.15, 0.2) is 59.7 Å². The molecule has 9 nitrogen and oxygen atoms in total. The van der Waals surface area contributed by atoms with Crippen LogP contribution in [-0.4, -0.2) is 70.6 Å². The molecule has 1 N–H and O–H groups in total. The third kappa shape index (κ3) is 6.91. The Morgan fingerprint density at radius 1 is 1.02 bits per heavy atom. The number of hydrogen-bond acceptors (Lipinski definition) is 4. The smallest absolute Gasteiger partial charge is 0.254 e. The number of rotatable bonds is 12. The normalized spacial score (nSPS) is 14.3. The van der Waals surface area contributed by atoms with Gasteiger partial charge in [0.25, 0.3) is 5.91 Å². The number of hydrogen-bond donors (Lipinski definition) is 1. The molecule has 0 saturated heterocycles. The first-order valence-electron chi connectivity index (χ1n) is 16.8. The molecule has 2 aliphatic rings. The topological polar surface area (TPSA) is 104 Å². The first kappa shape index (κ1) is 33.7. The lowest BCUT2D eigenvalue weighted by molar-refractivity contribution is -0.121.